The molecule has 0 fully saturated rings. The third kappa shape index (κ3) is 2.57. The minimum atomic E-state index is -3.73. The van der Waals surface area contributed by atoms with Crippen LogP contribution in [-0.4, -0.2) is 22.5 Å². The first kappa shape index (κ1) is 13.8. The van der Waals surface area contributed by atoms with Gasteiger partial charge in [0, 0.05) is 49.5 Å². The average Bonchev–Trinajstić information content (AvgIpc) is 3.00. The molecule has 7 heteroatoms. The van der Waals surface area contributed by atoms with E-state index in [9.17, 15) is 8.42 Å². The average molecular weight is 304 g/mol. The number of aryl methyl sites for hydroxylation is 3. The Kier molecular flexibility index (Phi) is 3.30. The summed E-state index contributed by atoms with van der Waals surface area (Å²) in [5.41, 5.74) is 0.857. The number of aromatic nitrogens is 3. The van der Waals surface area contributed by atoms with E-state index in [-0.39, 0.29) is 4.90 Å². The first-order valence-corrected chi connectivity index (χ1v) is 8.08. The maximum absolute atomic E-state index is 11.7. The number of para-hydroxylation sites is 1. The van der Waals surface area contributed by atoms with E-state index in [4.69, 9.17) is 5.14 Å². The van der Waals surface area contributed by atoms with Crippen molar-refractivity contribution in [3.63, 3.8) is 0 Å². The number of rotatable bonds is 4. The van der Waals surface area contributed by atoms with E-state index in [1.54, 1.807) is 24.5 Å². The normalized spacial score (nSPS) is 12.1. The highest BCUT2D eigenvalue weighted by Crippen LogP contribution is 2.24. The number of sulfonamides is 1. The first-order chi connectivity index (χ1) is 9.97. The molecule has 0 aliphatic heterocycles. The molecular weight excluding hydrogens is 288 g/mol. The largest absolute Gasteiger partial charge is 0.346 e. The second-order valence-corrected chi connectivity index (χ2v) is 6.48. The maximum atomic E-state index is 11.7. The van der Waals surface area contributed by atoms with Gasteiger partial charge in [-0.2, -0.15) is 0 Å². The molecule has 1 aromatic carbocycles. The van der Waals surface area contributed by atoms with Crippen LogP contribution in [0.3, 0.4) is 0 Å². The fourth-order valence-corrected chi connectivity index (χ4v) is 3.24. The fourth-order valence-electron chi connectivity index (χ4n) is 2.48. The van der Waals surface area contributed by atoms with Crippen LogP contribution in [0.15, 0.2) is 47.8 Å². The monoisotopic (exact) mass is 304 g/mol. The Hall–Kier alpha value is -2.12. The van der Waals surface area contributed by atoms with E-state index in [1.165, 1.54) is 0 Å². The van der Waals surface area contributed by atoms with Gasteiger partial charge in [0.2, 0.25) is 10.0 Å². The number of benzene rings is 1. The van der Waals surface area contributed by atoms with E-state index in [0.717, 1.165) is 11.3 Å². The minimum absolute atomic E-state index is 0.165. The third-order valence-corrected chi connectivity index (χ3v) is 4.49. The van der Waals surface area contributed by atoms with Gasteiger partial charge in [-0.05, 0) is 6.07 Å². The third-order valence-electron chi connectivity index (χ3n) is 3.56. The first-order valence-electron chi connectivity index (χ1n) is 6.53. The number of hydrogen-bond donors (Lipinski definition) is 1. The van der Waals surface area contributed by atoms with Crippen molar-refractivity contribution >= 4 is 20.9 Å². The van der Waals surface area contributed by atoms with Crippen molar-refractivity contribution in [1.82, 2.24) is 14.1 Å². The Balaban J connectivity index is 2.01. The lowest BCUT2D eigenvalue weighted by Crippen LogP contribution is -2.11. The lowest BCUT2D eigenvalue weighted by molar-refractivity contribution is 0.597. The Morgan fingerprint density at radius 2 is 2.05 bits per heavy atom. The van der Waals surface area contributed by atoms with Gasteiger partial charge >= 0.3 is 0 Å². The van der Waals surface area contributed by atoms with E-state index < -0.39 is 10.0 Å². The molecule has 2 heterocycles. The summed E-state index contributed by atoms with van der Waals surface area (Å²) in [7, 11) is -1.79. The molecule has 0 aliphatic carbocycles. The number of fused-ring (bicyclic) bond motifs is 1. The second-order valence-electron chi connectivity index (χ2n) is 4.95. The summed E-state index contributed by atoms with van der Waals surface area (Å²) in [5.74, 6) is 0.949. The molecule has 0 saturated heterocycles. The summed E-state index contributed by atoms with van der Waals surface area (Å²) >= 11 is 0. The summed E-state index contributed by atoms with van der Waals surface area (Å²) in [6.07, 6.45) is 5.95. The van der Waals surface area contributed by atoms with Gasteiger partial charge in [0.25, 0.3) is 0 Å². The zero-order valence-corrected chi connectivity index (χ0v) is 12.4. The van der Waals surface area contributed by atoms with Gasteiger partial charge < -0.3 is 9.13 Å². The minimum Gasteiger partial charge on any atom is -0.346 e. The standard InChI is InChI=1S/C14H16N4O2S/c1-17-9-7-16-14(17)6-8-18-10-13(21(15,19)20)11-4-2-3-5-12(11)18/h2-5,7,9-10H,6,8H2,1H3,(H2,15,19,20). The second kappa shape index (κ2) is 5.01. The molecule has 0 spiro atoms. The predicted octanol–water partition coefficient (Wildman–Crippen LogP) is 1.26. The van der Waals surface area contributed by atoms with E-state index >= 15 is 0 Å². The zero-order valence-electron chi connectivity index (χ0n) is 11.6. The summed E-state index contributed by atoms with van der Waals surface area (Å²) < 4.78 is 27.2. The van der Waals surface area contributed by atoms with Crippen LogP contribution in [0.2, 0.25) is 0 Å². The summed E-state index contributed by atoms with van der Waals surface area (Å²) in [5, 5.41) is 5.95. The van der Waals surface area contributed by atoms with Crippen molar-refractivity contribution in [3.8, 4) is 0 Å². The highest BCUT2D eigenvalue weighted by Gasteiger charge is 2.17. The topological polar surface area (TPSA) is 82.9 Å². The predicted molar refractivity (Wildman–Crippen MR) is 80.2 cm³/mol. The molecule has 3 aromatic rings. The van der Waals surface area contributed by atoms with Gasteiger partial charge in [-0.25, -0.2) is 18.5 Å². The van der Waals surface area contributed by atoms with Crippen molar-refractivity contribution in [2.24, 2.45) is 12.2 Å². The maximum Gasteiger partial charge on any atom is 0.240 e. The van der Waals surface area contributed by atoms with E-state index in [2.05, 4.69) is 4.98 Å². The van der Waals surface area contributed by atoms with Gasteiger partial charge in [0.05, 0.1) is 0 Å². The number of nitrogens with two attached hydrogens (primary N) is 1. The summed E-state index contributed by atoms with van der Waals surface area (Å²) in [4.78, 5) is 4.44. The SMILES string of the molecule is Cn1ccnc1CCn1cc(S(N)(=O)=O)c2ccccc21. The van der Waals surface area contributed by atoms with Crippen LogP contribution in [0.5, 0.6) is 0 Å². The molecule has 0 bridgehead atoms. The van der Waals surface area contributed by atoms with E-state index in [1.807, 2.05) is 34.5 Å². The fraction of sp³-hybridized carbons (Fsp3) is 0.214. The molecule has 0 saturated carbocycles. The summed E-state index contributed by atoms with van der Waals surface area (Å²) in [6.45, 7) is 0.640. The van der Waals surface area contributed by atoms with Crippen molar-refractivity contribution < 1.29 is 8.42 Å². The van der Waals surface area contributed by atoms with Crippen molar-refractivity contribution in [1.29, 1.82) is 0 Å². The van der Waals surface area contributed by atoms with Gasteiger partial charge in [-0.15, -0.1) is 0 Å². The molecule has 2 N–H and O–H groups in total. The summed E-state index contributed by atoms with van der Waals surface area (Å²) in [6, 6.07) is 7.35. The molecule has 0 amide bonds. The molecule has 2 aromatic heterocycles. The number of nitrogens with zero attached hydrogens (tertiary/aromatic N) is 3. The highest BCUT2D eigenvalue weighted by molar-refractivity contribution is 7.89. The quantitative estimate of drug-likeness (QED) is 0.788. The van der Waals surface area contributed by atoms with Crippen LogP contribution < -0.4 is 5.14 Å². The Labute approximate surface area is 122 Å². The van der Waals surface area contributed by atoms with Gasteiger partial charge in [-0.1, -0.05) is 18.2 Å². The molecule has 0 radical (unpaired) electrons. The lowest BCUT2D eigenvalue weighted by atomic mass is 10.2. The van der Waals surface area contributed by atoms with Crippen LogP contribution in [0.4, 0.5) is 0 Å². The van der Waals surface area contributed by atoms with Crippen LogP contribution in [0.25, 0.3) is 10.9 Å². The molecule has 21 heavy (non-hydrogen) atoms. The molecule has 3 rings (SSSR count). The van der Waals surface area contributed by atoms with Gasteiger partial charge in [0.15, 0.2) is 0 Å². The van der Waals surface area contributed by atoms with Crippen molar-refractivity contribution in [2.75, 3.05) is 0 Å². The van der Waals surface area contributed by atoms with Gasteiger partial charge in [0.1, 0.15) is 10.7 Å². The highest BCUT2D eigenvalue weighted by atomic mass is 32.2. The van der Waals surface area contributed by atoms with Crippen LogP contribution >= 0.6 is 0 Å². The van der Waals surface area contributed by atoms with Crippen LogP contribution in [0.1, 0.15) is 5.82 Å². The molecular formula is C14H16N4O2S. The molecule has 6 nitrogen and oxygen atoms in total. The van der Waals surface area contributed by atoms with Crippen LogP contribution in [-0.2, 0) is 30.0 Å². The molecule has 0 unspecified atom stereocenters. The van der Waals surface area contributed by atoms with Gasteiger partial charge in [-0.3, -0.25) is 0 Å². The van der Waals surface area contributed by atoms with E-state index in [0.29, 0.717) is 18.4 Å². The Morgan fingerprint density at radius 1 is 1.29 bits per heavy atom. The van der Waals surface area contributed by atoms with Crippen molar-refractivity contribution in [2.45, 2.75) is 17.9 Å². The molecule has 110 valence electrons. The number of imidazole rings is 1. The molecule has 0 aliphatic rings. The molecule has 0 atom stereocenters. The smallest absolute Gasteiger partial charge is 0.240 e. The number of primary sulfonamides is 1. The lowest BCUT2D eigenvalue weighted by Gasteiger charge is -2.05. The Bertz CT molecular complexity index is 893. The Morgan fingerprint density at radius 3 is 2.71 bits per heavy atom. The van der Waals surface area contributed by atoms with Crippen LogP contribution in [0, 0.1) is 0 Å². The zero-order chi connectivity index (χ0) is 15.0. The number of hydrogen-bond acceptors (Lipinski definition) is 3. The van der Waals surface area contributed by atoms with Crippen molar-refractivity contribution in [3.05, 3.63) is 48.7 Å².